The van der Waals surface area contributed by atoms with Gasteiger partial charge in [-0.2, -0.15) is 0 Å². The van der Waals surface area contributed by atoms with Gasteiger partial charge in [-0.15, -0.1) is 0 Å². The molecule has 84 valence electrons. The summed E-state index contributed by atoms with van der Waals surface area (Å²) in [5, 5.41) is 3.39. The van der Waals surface area contributed by atoms with Gasteiger partial charge in [0.15, 0.2) is 0 Å². The molecule has 0 amide bonds. The number of unbranched alkanes of at least 4 members (excludes halogenated alkanes) is 1. The molecule has 1 N–H and O–H groups in total. The fourth-order valence-corrected chi connectivity index (χ4v) is 2.68. The average molecular weight is 197 g/mol. The van der Waals surface area contributed by atoms with E-state index in [0.29, 0.717) is 0 Å². The van der Waals surface area contributed by atoms with Crippen molar-refractivity contribution in [3.05, 3.63) is 0 Å². The Morgan fingerprint density at radius 3 is 2.79 bits per heavy atom. The van der Waals surface area contributed by atoms with E-state index >= 15 is 0 Å². The lowest BCUT2D eigenvalue weighted by Gasteiger charge is -2.26. The zero-order chi connectivity index (χ0) is 10.2. The van der Waals surface area contributed by atoms with E-state index in [4.69, 9.17) is 0 Å². The highest BCUT2D eigenvalue weighted by Crippen LogP contribution is 2.31. The smallest absolute Gasteiger partial charge is 0.00490 e. The van der Waals surface area contributed by atoms with E-state index in [-0.39, 0.29) is 0 Å². The molecule has 1 nitrogen and oxygen atoms in total. The van der Waals surface area contributed by atoms with Crippen molar-refractivity contribution in [1.82, 2.24) is 5.32 Å². The van der Waals surface area contributed by atoms with Gasteiger partial charge in [0.05, 0.1) is 0 Å². The Balaban J connectivity index is 1.95. The highest BCUT2D eigenvalue weighted by molar-refractivity contribution is 4.70. The molecule has 0 aliphatic heterocycles. The molecular formula is C13H27N. The molecule has 0 spiro atoms. The van der Waals surface area contributed by atoms with Crippen molar-refractivity contribution in [3.63, 3.8) is 0 Å². The molecule has 2 unspecified atom stereocenters. The van der Waals surface area contributed by atoms with E-state index in [9.17, 15) is 0 Å². The third kappa shape index (κ3) is 4.99. The van der Waals surface area contributed by atoms with Crippen LogP contribution in [0.5, 0.6) is 0 Å². The highest BCUT2D eigenvalue weighted by atomic mass is 14.8. The van der Waals surface area contributed by atoms with E-state index < -0.39 is 0 Å². The second-order valence-corrected chi connectivity index (χ2v) is 4.99. The Labute approximate surface area is 89.7 Å². The van der Waals surface area contributed by atoms with Crippen molar-refractivity contribution < 1.29 is 0 Å². The van der Waals surface area contributed by atoms with Crippen LogP contribution in [-0.2, 0) is 0 Å². The maximum atomic E-state index is 3.39. The lowest BCUT2D eigenvalue weighted by molar-refractivity contribution is 0.264. The summed E-state index contributed by atoms with van der Waals surface area (Å²) in [7, 11) is 0. The summed E-state index contributed by atoms with van der Waals surface area (Å²) in [6.07, 6.45) is 10.3. The van der Waals surface area contributed by atoms with Crippen molar-refractivity contribution in [2.75, 3.05) is 13.1 Å². The predicted octanol–water partition coefficient (Wildman–Crippen LogP) is 3.59. The van der Waals surface area contributed by atoms with E-state index in [0.717, 1.165) is 18.4 Å². The maximum absolute atomic E-state index is 3.39. The third-order valence-electron chi connectivity index (χ3n) is 3.51. The van der Waals surface area contributed by atoms with Crippen LogP contribution in [0.4, 0.5) is 0 Å². The standard InChI is InChI=1S/C13H27N/c1-3-14-10-5-4-8-13-9-6-7-12(2)11-13/h12-14H,3-11H2,1-2H3. The van der Waals surface area contributed by atoms with Gasteiger partial charge in [0.25, 0.3) is 0 Å². The van der Waals surface area contributed by atoms with Crippen LogP contribution in [-0.4, -0.2) is 13.1 Å². The molecule has 0 saturated heterocycles. The molecule has 1 aliphatic carbocycles. The molecule has 1 heteroatoms. The Kier molecular flexibility index (Phi) is 6.25. The van der Waals surface area contributed by atoms with Gasteiger partial charge in [0, 0.05) is 0 Å². The van der Waals surface area contributed by atoms with Gasteiger partial charge in [0.1, 0.15) is 0 Å². The molecule has 1 rings (SSSR count). The summed E-state index contributed by atoms with van der Waals surface area (Å²) in [6.45, 7) is 6.95. The molecule has 0 radical (unpaired) electrons. The number of rotatable bonds is 6. The molecule has 0 aromatic carbocycles. The molecule has 0 aromatic rings. The number of nitrogens with one attached hydrogen (secondary N) is 1. The minimum Gasteiger partial charge on any atom is -0.317 e. The first-order chi connectivity index (χ1) is 6.83. The summed E-state index contributed by atoms with van der Waals surface area (Å²) in [5.74, 6) is 2.06. The topological polar surface area (TPSA) is 12.0 Å². The third-order valence-corrected chi connectivity index (χ3v) is 3.51. The molecule has 0 bridgehead atoms. The Hall–Kier alpha value is -0.0400. The number of hydrogen-bond donors (Lipinski definition) is 1. The average Bonchev–Trinajstić information content (AvgIpc) is 2.18. The Morgan fingerprint density at radius 2 is 2.07 bits per heavy atom. The largest absolute Gasteiger partial charge is 0.317 e. The molecule has 2 atom stereocenters. The van der Waals surface area contributed by atoms with Crippen LogP contribution in [0.1, 0.15) is 58.8 Å². The van der Waals surface area contributed by atoms with Gasteiger partial charge in [0.2, 0.25) is 0 Å². The van der Waals surface area contributed by atoms with Crippen molar-refractivity contribution >= 4 is 0 Å². The molecular weight excluding hydrogens is 170 g/mol. The first-order valence-corrected chi connectivity index (χ1v) is 6.53. The first kappa shape index (κ1) is 12.0. The molecule has 14 heavy (non-hydrogen) atoms. The van der Waals surface area contributed by atoms with Gasteiger partial charge >= 0.3 is 0 Å². The second kappa shape index (κ2) is 7.28. The SMILES string of the molecule is CCNCCCCC1CCCC(C)C1. The zero-order valence-electron chi connectivity index (χ0n) is 10.0. The summed E-state index contributed by atoms with van der Waals surface area (Å²) in [4.78, 5) is 0. The van der Waals surface area contributed by atoms with E-state index in [1.807, 2.05) is 0 Å². The van der Waals surface area contributed by atoms with Crippen LogP contribution in [0, 0.1) is 11.8 Å². The van der Waals surface area contributed by atoms with Crippen molar-refractivity contribution in [2.24, 2.45) is 11.8 Å². The second-order valence-electron chi connectivity index (χ2n) is 4.99. The Bertz CT molecular complexity index is 133. The van der Waals surface area contributed by atoms with E-state index in [1.165, 1.54) is 51.5 Å². The summed E-state index contributed by atoms with van der Waals surface area (Å²) >= 11 is 0. The minimum atomic E-state index is 1.00. The summed E-state index contributed by atoms with van der Waals surface area (Å²) < 4.78 is 0. The maximum Gasteiger partial charge on any atom is -0.00490 e. The lowest BCUT2D eigenvalue weighted by atomic mass is 9.80. The normalized spacial score (nSPS) is 27.9. The monoisotopic (exact) mass is 197 g/mol. The highest BCUT2D eigenvalue weighted by Gasteiger charge is 2.17. The molecule has 1 saturated carbocycles. The van der Waals surface area contributed by atoms with Crippen LogP contribution in [0.15, 0.2) is 0 Å². The van der Waals surface area contributed by atoms with E-state index in [2.05, 4.69) is 19.2 Å². The van der Waals surface area contributed by atoms with Crippen LogP contribution in [0.25, 0.3) is 0 Å². The van der Waals surface area contributed by atoms with Crippen molar-refractivity contribution in [3.8, 4) is 0 Å². The van der Waals surface area contributed by atoms with Gasteiger partial charge in [-0.25, -0.2) is 0 Å². The number of hydrogen-bond acceptors (Lipinski definition) is 1. The first-order valence-electron chi connectivity index (χ1n) is 6.53. The van der Waals surface area contributed by atoms with Crippen molar-refractivity contribution in [2.45, 2.75) is 58.8 Å². The molecule has 0 aromatic heterocycles. The zero-order valence-corrected chi connectivity index (χ0v) is 10.0. The quantitative estimate of drug-likeness (QED) is 0.642. The molecule has 1 fully saturated rings. The van der Waals surface area contributed by atoms with Crippen molar-refractivity contribution in [1.29, 1.82) is 0 Å². The van der Waals surface area contributed by atoms with Gasteiger partial charge in [-0.3, -0.25) is 0 Å². The van der Waals surface area contributed by atoms with Gasteiger partial charge < -0.3 is 5.32 Å². The minimum absolute atomic E-state index is 1.00. The Morgan fingerprint density at radius 1 is 1.21 bits per heavy atom. The van der Waals surface area contributed by atoms with Crippen LogP contribution in [0.3, 0.4) is 0 Å². The van der Waals surface area contributed by atoms with Crippen LogP contribution in [0.2, 0.25) is 0 Å². The molecule has 1 aliphatic rings. The molecule has 0 heterocycles. The van der Waals surface area contributed by atoms with Crippen LogP contribution < -0.4 is 5.32 Å². The van der Waals surface area contributed by atoms with E-state index in [1.54, 1.807) is 0 Å². The van der Waals surface area contributed by atoms with Gasteiger partial charge in [-0.05, 0) is 37.8 Å². The fourth-order valence-electron chi connectivity index (χ4n) is 2.68. The lowest BCUT2D eigenvalue weighted by Crippen LogP contribution is -2.16. The van der Waals surface area contributed by atoms with Gasteiger partial charge in [-0.1, -0.05) is 46.0 Å². The fraction of sp³-hybridized carbons (Fsp3) is 1.00. The predicted molar refractivity (Wildman–Crippen MR) is 63.5 cm³/mol. The van der Waals surface area contributed by atoms with Crippen LogP contribution >= 0.6 is 0 Å². The summed E-state index contributed by atoms with van der Waals surface area (Å²) in [6, 6.07) is 0. The summed E-state index contributed by atoms with van der Waals surface area (Å²) in [5.41, 5.74) is 0.